The molecule has 4 fully saturated rings. The normalized spacial score (nSPS) is 32.8. The van der Waals surface area contributed by atoms with Gasteiger partial charge in [0.25, 0.3) is 0 Å². The van der Waals surface area contributed by atoms with Gasteiger partial charge in [0.15, 0.2) is 0 Å². The Morgan fingerprint density at radius 3 is 2.04 bits per heavy atom. The van der Waals surface area contributed by atoms with Crippen molar-refractivity contribution < 1.29 is 14.3 Å². The molecule has 4 aliphatic carbocycles. The van der Waals surface area contributed by atoms with Crippen LogP contribution >= 0.6 is 0 Å². The van der Waals surface area contributed by atoms with Crippen molar-refractivity contribution >= 4 is 11.8 Å². The van der Waals surface area contributed by atoms with Crippen LogP contribution in [0.4, 0.5) is 0 Å². The molecule has 4 bridgehead atoms. The van der Waals surface area contributed by atoms with Gasteiger partial charge >= 0.3 is 11.8 Å². The van der Waals surface area contributed by atoms with E-state index in [1.54, 1.807) is 7.11 Å². The predicted molar refractivity (Wildman–Crippen MR) is 98.6 cm³/mol. The van der Waals surface area contributed by atoms with Gasteiger partial charge in [0.2, 0.25) is 0 Å². The molecule has 0 aliphatic heterocycles. The van der Waals surface area contributed by atoms with Crippen LogP contribution in [-0.2, 0) is 9.59 Å². The maximum Gasteiger partial charge on any atom is 0.309 e. The Balaban J connectivity index is 1.36. The summed E-state index contributed by atoms with van der Waals surface area (Å²) < 4.78 is 5.15. The number of ether oxygens (including phenoxy) is 1. The third kappa shape index (κ3) is 3.31. The molecule has 1 aromatic rings. The highest BCUT2D eigenvalue weighted by molar-refractivity contribution is 6.35. The molecular formula is C21H28N2O3. The molecule has 0 spiro atoms. The summed E-state index contributed by atoms with van der Waals surface area (Å²) in [5, 5.41) is 5.95. The Kier molecular flexibility index (Phi) is 4.41. The van der Waals surface area contributed by atoms with Gasteiger partial charge in [-0.15, -0.1) is 0 Å². The number of methoxy groups -OCH3 is 1. The molecule has 1 aromatic carbocycles. The second-order valence-corrected chi connectivity index (χ2v) is 8.62. The minimum absolute atomic E-state index is 0.132. The summed E-state index contributed by atoms with van der Waals surface area (Å²) in [6.07, 6.45) is 7.09. The molecule has 0 aromatic heterocycles. The molecule has 2 amide bonds. The molecule has 1 unspecified atom stereocenters. The van der Waals surface area contributed by atoms with Crippen molar-refractivity contribution in [3.63, 3.8) is 0 Å². The fraction of sp³-hybridized carbons (Fsp3) is 0.619. The third-order valence-electron chi connectivity index (χ3n) is 6.59. The van der Waals surface area contributed by atoms with Crippen LogP contribution < -0.4 is 15.4 Å². The lowest BCUT2D eigenvalue weighted by Gasteiger charge is -2.56. The number of nitrogens with one attached hydrogen (secondary N) is 2. The summed E-state index contributed by atoms with van der Waals surface area (Å²) in [6, 6.07) is 7.29. The molecular weight excluding hydrogens is 328 g/mol. The van der Waals surface area contributed by atoms with Crippen LogP contribution in [0.5, 0.6) is 5.75 Å². The molecule has 26 heavy (non-hydrogen) atoms. The van der Waals surface area contributed by atoms with E-state index in [2.05, 4.69) is 10.6 Å². The molecule has 0 heterocycles. The number of rotatable bonds is 4. The van der Waals surface area contributed by atoms with Gasteiger partial charge in [0, 0.05) is 5.54 Å². The number of hydrogen-bond donors (Lipinski definition) is 2. The molecule has 5 rings (SSSR count). The minimum atomic E-state index is -0.538. The second-order valence-electron chi connectivity index (χ2n) is 8.62. The second kappa shape index (κ2) is 6.60. The minimum Gasteiger partial charge on any atom is -0.497 e. The van der Waals surface area contributed by atoms with E-state index < -0.39 is 11.8 Å². The Labute approximate surface area is 154 Å². The lowest BCUT2D eigenvalue weighted by atomic mass is 9.53. The van der Waals surface area contributed by atoms with Crippen LogP contribution in [0, 0.1) is 17.8 Å². The molecule has 5 heteroatoms. The first-order valence-corrected chi connectivity index (χ1v) is 9.73. The van der Waals surface area contributed by atoms with Crippen LogP contribution in [0.15, 0.2) is 24.3 Å². The van der Waals surface area contributed by atoms with Crippen LogP contribution in [0.25, 0.3) is 0 Å². The van der Waals surface area contributed by atoms with Gasteiger partial charge in [-0.05, 0) is 80.9 Å². The van der Waals surface area contributed by atoms with Gasteiger partial charge in [-0.2, -0.15) is 0 Å². The average Bonchev–Trinajstić information content (AvgIpc) is 2.60. The highest BCUT2D eigenvalue weighted by atomic mass is 16.5. The van der Waals surface area contributed by atoms with Crippen molar-refractivity contribution in [2.75, 3.05) is 7.11 Å². The van der Waals surface area contributed by atoms with Crippen LogP contribution in [0.2, 0.25) is 0 Å². The van der Waals surface area contributed by atoms with Gasteiger partial charge in [0.1, 0.15) is 5.75 Å². The third-order valence-corrected chi connectivity index (χ3v) is 6.59. The largest absolute Gasteiger partial charge is 0.497 e. The highest BCUT2D eigenvalue weighted by Crippen LogP contribution is 2.55. The molecule has 0 radical (unpaired) electrons. The summed E-state index contributed by atoms with van der Waals surface area (Å²) in [4.78, 5) is 25.0. The first kappa shape index (κ1) is 17.4. The molecule has 4 saturated carbocycles. The maximum absolute atomic E-state index is 12.6. The zero-order valence-corrected chi connectivity index (χ0v) is 15.6. The Hall–Kier alpha value is -2.04. The Bertz CT molecular complexity index is 662. The molecule has 5 nitrogen and oxygen atoms in total. The lowest BCUT2D eigenvalue weighted by molar-refractivity contribution is -0.143. The molecule has 1 atom stereocenters. The number of amides is 2. The maximum atomic E-state index is 12.6. The van der Waals surface area contributed by atoms with Gasteiger partial charge in [-0.25, -0.2) is 0 Å². The van der Waals surface area contributed by atoms with Crippen LogP contribution in [-0.4, -0.2) is 24.5 Å². The van der Waals surface area contributed by atoms with Crippen LogP contribution in [0.3, 0.4) is 0 Å². The molecule has 2 N–H and O–H groups in total. The van der Waals surface area contributed by atoms with Gasteiger partial charge < -0.3 is 15.4 Å². The summed E-state index contributed by atoms with van der Waals surface area (Å²) in [5.41, 5.74) is 0.814. The van der Waals surface area contributed by atoms with E-state index >= 15 is 0 Å². The molecule has 4 aliphatic rings. The monoisotopic (exact) mass is 356 g/mol. The fourth-order valence-corrected chi connectivity index (χ4v) is 5.80. The summed E-state index contributed by atoms with van der Waals surface area (Å²) in [7, 11) is 1.62. The van der Waals surface area contributed by atoms with Crippen molar-refractivity contribution in [2.45, 2.75) is 57.0 Å². The van der Waals surface area contributed by atoms with Gasteiger partial charge in [0.05, 0.1) is 13.2 Å². The Morgan fingerprint density at radius 2 is 1.54 bits per heavy atom. The first-order valence-electron chi connectivity index (χ1n) is 9.73. The van der Waals surface area contributed by atoms with Crippen molar-refractivity contribution in [2.24, 2.45) is 17.8 Å². The zero-order valence-electron chi connectivity index (χ0n) is 15.6. The number of benzene rings is 1. The van der Waals surface area contributed by atoms with E-state index in [9.17, 15) is 9.59 Å². The quantitative estimate of drug-likeness (QED) is 0.815. The summed E-state index contributed by atoms with van der Waals surface area (Å²) in [6.45, 7) is 1.89. The van der Waals surface area contributed by atoms with E-state index in [1.165, 1.54) is 19.3 Å². The van der Waals surface area contributed by atoms with Gasteiger partial charge in [-0.3, -0.25) is 9.59 Å². The van der Waals surface area contributed by atoms with Crippen molar-refractivity contribution in [1.29, 1.82) is 0 Å². The summed E-state index contributed by atoms with van der Waals surface area (Å²) in [5.74, 6) is 1.97. The smallest absolute Gasteiger partial charge is 0.309 e. The molecule has 0 saturated heterocycles. The van der Waals surface area contributed by atoms with Crippen LogP contribution in [0.1, 0.15) is 57.1 Å². The zero-order chi connectivity index (χ0) is 18.3. The van der Waals surface area contributed by atoms with E-state index in [4.69, 9.17) is 4.74 Å². The number of carbonyl (C=O) groups is 2. The molecule has 140 valence electrons. The SMILES string of the molecule is COc1ccc(C(C)NC(=O)C(=O)NC23CC4CC(CC(C4)C2)C3)cc1. The van der Waals surface area contributed by atoms with Crippen molar-refractivity contribution in [3.8, 4) is 5.75 Å². The van der Waals surface area contributed by atoms with E-state index in [1.807, 2.05) is 31.2 Å². The first-order chi connectivity index (χ1) is 12.5. The number of carbonyl (C=O) groups excluding carboxylic acids is 2. The standard InChI is InChI=1S/C21H28N2O3/c1-13(17-3-5-18(26-2)6-4-17)22-19(24)20(25)23-21-10-14-7-15(11-21)9-16(8-14)12-21/h3-6,13-16H,7-12H2,1-2H3,(H,22,24)(H,23,25). The van der Waals surface area contributed by atoms with E-state index in [-0.39, 0.29) is 11.6 Å². The van der Waals surface area contributed by atoms with E-state index in [0.717, 1.165) is 48.3 Å². The lowest BCUT2D eigenvalue weighted by Crippen LogP contribution is -2.61. The average molecular weight is 356 g/mol. The predicted octanol–water partition coefficient (Wildman–Crippen LogP) is 2.96. The fourth-order valence-electron chi connectivity index (χ4n) is 5.80. The highest BCUT2D eigenvalue weighted by Gasteiger charge is 2.51. The summed E-state index contributed by atoms with van der Waals surface area (Å²) >= 11 is 0. The van der Waals surface area contributed by atoms with Crippen molar-refractivity contribution in [1.82, 2.24) is 10.6 Å². The van der Waals surface area contributed by atoms with Crippen molar-refractivity contribution in [3.05, 3.63) is 29.8 Å². The Morgan fingerprint density at radius 1 is 1.00 bits per heavy atom. The van der Waals surface area contributed by atoms with E-state index in [0.29, 0.717) is 0 Å². The van der Waals surface area contributed by atoms with Gasteiger partial charge in [-0.1, -0.05) is 12.1 Å². The topological polar surface area (TPSA) is 67.4 Å². The number of hydrogen-bond acceptors (Lipinski definition) is 3.